The van der Waals surface area contributed by atoms with Gasteiger partial charge >= 0.3 is 0 Å². The van der Waals surface area contributed by atoms with Crippen LogP contribution in [0.4, 0.5) is 5.69 Å². The van der Waals surface area contributed by atoms with Gasteiger partial charge in [0.2, 0.25) is 11.8 Å². The number of rotatable bonds is 10. The number of ether oxygens (including phenoxy) is 1. The highest BCUT2D eigenvalue weighted by atomic mass is 16.5. The van der Waals surface area contributed by atoms with Crippen molar-refractivity contribution in [1.82, 2.24) is 10.6 Å². The van der Waals surface area contributed by atoms with Crippen molar-refractivity contribution in [1.29, 1.82) is 0 Å². The normalized spacial score (nSPS) is 11.4. The number of methoxy groups -OCH3 is 1. The number of carbonyl (C=O) groups excluding carboxylic acids is 2. The second-order valence-electron chi connectivity index (χ2n) is 7.00. The maximum Gasteiger partial charge on any atom is 0.222 e. The molecule has 0 aromatic heterocycles. The number of nitrogens with one attached hydrogen (secondary N) is 2. The fourth-order valence-electron chi connectivity index (χ4n) is 3.22. The molecule has 0 bridgehead atoms. The fourth-order valence-corrected chi connectivity index (χ4v) is 3.22. The number of likely N-dealkylation sites (N-methyl/N-ethyl adjacent to an activating group) is 1. The lowest BCUT2D eigenvalue weighted by Gasteiger charge is -2.24. The molecular weight excluding hydrogens is 366 g/mol. The van der Waals surface area contributed by atoms with E-state index in [2.05, 4.69) is 47.6 Å². The zero-order valence-electron chi connectivity index (χ0n) is 17.7. The van der Waals surface area contributed by atoms with Crippen LogP contribution in [-0.2, 0) is 9.59 Å². The van der Waals surface area contributed by atoms with E-state index in [0.717, 1.165) is 30.1 Å². The molecule has 2 N–H and O–H groups in total. The lowest BCUT2D eigenvalue weighted by Crippen LogP contribution is -2.37. The number of carbonyl (C=O) groups is 2. The first-order valence-electron chi connectivity index (χ1n) is 9.92. The number of hydrogen-bond donors (Lipinski definition) is 2. The maximum absolute atomic E-state index is 12.5. The molecule has 0 heterocycles. The third-order valence-corrected chi connectivity index (χ3v) is 4.74. The van der Waals surface area contributed by atoms with Crippen LogP contribution in [0.3, 0.4) is 0 Å². The predicted octanol–water partition coefficient (Wildman–Crippen LogP) is 3.21. The number of benzene rings is 2. The number of anilines is 1. The van der Waals surface area contributed by atoms with E-state index < -0.39 is 0 Å². The van der Waals surface area contributed by atoms with Crippen LogP contribution in [-0.4, -0.2) is 38.6 Å². The van der Waals surface area contributed by atoms with Gasteiger partial charge in [-0.15, -0.1) is 0 Å². The van der Waals surface area contributed by atoms with Crippen LogP contribution in [0.25, 0.3) is 0 Å². The van der Waals surface area contributed by atoms with Gasteiger partial charge in [0.1, 0.15) is 5.75 Å². The third kappa shape index (κ3) is 7.14. The van der Waals surface area contributed by atoms with Crippen molar-refractivity contribution >= 4 is 17.5 Å². The van der Waals surface area contributed by atoms with Gasteiger partial charge in [-0.3, -0.25) is 9.59 Å². The molecular formula is C23H31N3O3. The summed E-state index contributed by atoms with van der Waals surface area (Å²) in [6, 6.07) is 15.3. The van der Waals surface area contributed by atoms with Crippen molar-refractivity contribution in [3.05, 3.63) is 59.7 Å². The van der Waals surface area contributed by atoms with E-state index in [0.29, 0.717) is 6.54 Å². The summed E-state index contributed by atoms with van der Waals surface area (Å²) in [5.41, 5.74) is 3.23. The molecule has 2 amide bonds. The Kier molecular flexibility index (Phi) is 8.52. The van der Waals surface area contributed by atoms with E-state index in [1.807, 2.05) is 30.3 Å². The second kappa shape index (κ2) is 11.1. The SMILES string of the molecule is CCN(CCNC(=O)CC(NC(C)=O)c1ccc(OC)cc1)c1cccc(C)c1. The molecule has 29 heavy (non-hydrogen) atoms. The van der Waals surface area contributed by atoms with Crippen molar-refractivity contribution in [3.8, 4) is 5.75 Å². The van der Waals surface area contributed by atoms with Crippen LogP contribution in [0.5, 0.6) is 5.75 Å². The standard InChI is InChI=1S/C23H31N3O3/c1-5-26(20-8-6-7-17(2)15-20)14-13-24-23(28)16-22(25-18(3)27)19-9-11-21(29-4)12-10-19/h6-12,15,22H,5,13-14,16H2,1-4H3,(H,24,28)(H,25,27). The molecule has 1 unspecified atom stereocenters. The molecule has 0 aliphatic carbocycles. The highest BCUT2D eigenvalue weighted by Gasteiger charge is 2.17. The van der Waals surface area contributed by atoms with Gasteiger partial charge < -0.3 is 20.3 Å². The Hall–Kier alpha value is -3.02. The third-order valence-electron chi connectivity index (χ3n) is 4.74. The topological polar surface area (TPSA) is 70.7 Å². The summed E-state index contributed by atoms with van der Waals surface area (Å²) in [4.78, 5) is 26.3. The molecule has 0 radical (unpaired) electrons. The molecule has 0 fully saturated rings. The largest absolute Gasteiger partial charge is 0.497 e. The minimum Gasteiger partial charge on any atom is -0.497 e. The van der Waals surface area contributed by atoms with Gasteiger partial charge in [-0.25, -0.2) is 0 Å². The Morgan fingerprint density at radius 1 is 1.14 bits per heavy atom. The number of aryl methyl sites for hydroxylation is 1. The van der Waals surface area contributed by atoms with Crippen LogP contribution >= 0.6 is 0 Å². The average Bonchev–Trinajstić information content (AvgIpc) is 2.70. The van der Waals surface area contributed by atoms with Gasteiger partial charge in [0.15, 0.2) is 0 Å². The van der Waals surface area contributed by atoms with E-state index >= 15 is 0 Å². The number of amides is 2. The molecule has 0 aliphatic heterocycles. The van der Waals surface area contributed by atoms with Crippen LogP contribution in [0.1, 0.15) is 37.4 Å². The van der Waals surface area contributed by atoms with Crippen molar-refractivity contribution < 1.29 is 14.3 Å². The van der Waals surface area contributed by atoms with E-state index in [4.69, 9.17) is 4.74 Å². The Labute approximate surface area is 173 Å². The van der Waals surface area contributed by atoms with E-state index in [1.54, 1.807) is 7.11 Å². The van der Waals surface area contributed by atoms with Crippen molar-refractivity contribution in [2.75, 3.05) is 31.6 Å². The molecule has 1 atom stereocenters. The summed E-state index contributed by atoms with van der Waals surface area (Å²) in [6.07, 6.45) is 0.183. The minimum atomic E-state index is -0.377. The first kappa shape index (κ1) is 22.3. The van der Waals surface area contributed by atoms with Crippen LogP contribution < -0.4 is 20.3 Å². The van der Waals surface area contributed by atoms with Crippen molar-refractivity contribution in [3.63, 3.8) is 0 Å². The summed E-state index contributed by atoms with van der Waals surface area (Å²) in [5.74, 6) is 0.464. The summed E-state index contributed by atoms with van der Waals surface area (Å²) in [5, 5.41) is 5.83. The minimum absolute atomic E-state index is 0.0973. The zero-order valence-corrected chi connectivity index (χ0v) is 17.7. The molecule has 6 nitrogen and oxygen atoms in total. The summed E-state index contributed by atoms with van der Waals surface area (Å²) in [6.45, 7) is 7.74. The lowest BCUT2D eigenvalue weighted by atomic mass is 10.0. The Bertz CT molecular complexity index is 805. The van der Waals surface area contributed by atoms with Crippen molar-refractivity contribution in [2.24, 2.45) is 0 Å². The Morgan fingerprint density at radius 3 is 2.45 bits per heavy atom. The highest BCUT2D eigenvalue weighted by molar-refractivity contribution is 5.79. The fraction of sp³-hybridized carbons (Fsp3) is 0.391. The second-order valence-corrected chi connectivity index (χ2v) is 7.00. The van der Waals surface area contributed by atoms with Gasteiger partial charge in [-0.05, 0) is 49.2 Å². The van der Waals surface area contributed by atoms with Gasteiger partial charge in [-0.2, -0.15) is 0 Å². The molecule has 6 heteroatoms. The Balaban J connectivity index is 1.92. The molecule has 0 saturated carbocycles. The maximum atomic E-state index is 12.5. The van der Waals surface area contributed by atoms with Crippen LogP contribution in [0, 0.1) is 6.92 Å². The quantitative estimate of drug-likeness (QED) is 0.646. The molecule has 2 aromatic rings. The zero-order chi connectivity index (χ0) is 21.2. The molecule has 0 saturated heterocycles. The summed E-state index contributed by atoms with van der Waals surface area (Å²) >= 11 is 0. The highest BCUT2D eigenvalue weighted by Crippen LogP contribution is 2.20. The monoisotopic (exact) mass is 397 g/mol. The van der Waals surface area contributed by atoms with E-state index in [-0.39, 0.29) is 24.3 Å². The van der Waals surface area contributed by atoms with Gasteiger partial charge in [0.25, 0.3) is 0 Å². The van der Waals surface area contributed by atoms with Gasteiger partial charge in [-0.1, -0.05) is 24.3 Å². The summed E-state index contributed by atoms with van der Waals surface area (Å²) in [7, 11) is 1.60. The molecule has 2 rings (SSSR count). The smallest absolute Gasteiger partial charge is 0.222 e. The summed E-state index contributed by atoms with van der Waals surface area (Å²) < 4.78 is 5.17. The number of hydrogen-bond acceptors (Lipinski definition) is 4. The van der Waals surface area contributed by atoms with Crippen molar-refractivity contribution in [2.45, 2.75) is 33.2 Å². The Morgan fingerprint density at radius 2 is 1.86 bits per heavy atom. The lowest BCUT2D eigenvalue weighted by molar-refractivity contribution is -0.122. The predicted molar refractivity (Wildman–Crippen MR) is 116 cm³/mol. The van der Waals surface area contributed by atoms with E-state index in [9.17, 15) is 9.59 Å². The van der Waals surface area contributed by atoms with Gasteiger partial charge in [0.05, 0.1) is 19.6 Å². The average molecular weight is 398 g/mol. The molecule has 156 valence electrons. The number of nitrogens with zero attached hydrogens (tertiary/aromatic N) is 1. The van der Waals surface area contributed by atoms with Crippen LogP contribution in [0.15, 0.2) is 48.5 Å². The first-order valence-corrected chi connectivity index (χ1v) is 9.92. The van der Waals surface area contributed by atoms with Gasteiger partial charge in [0, 0.05) is 32.2 Å². The van der Waals surface area contributed by atoms with E-state index in [1.165, 1.54) is 12.5 Å². The van der Waals surface area contributed by atoms with Crippen LogP contribution in [0.2, 0.25) is 0 Å². The molecule has 2 aromatic carbocycles. The molecule has 0 spiro atoms. The first-order chi connectivity index (χ1) is 13.9. The molecule has 0 aliphatic rings.